The summed E-state index contributed by atoms with van der Waals surface area (Å²) in [6, 6.07) is 24.2. The van der Waals surface area contributed by atoms with Crippen LogP contribution in [0.15, 0.2) is 72.9 Å². The van der Waals surface area contributed by atoms with Crippen LogP contribution in [0.2, 0.25) is 0 Å². The summed E-state index contributed by atoms with van der Waals surface area (Å²) >= 11 is 0. The van der Waals surface area contributed by atoms with E-state index in [0.29, 0.717) is 24.4 Å². The molecule has 38 heavy (non-hydrogen) atoms. The van der Waals surface area contributed by atoms with Crippen LogP contribution in [0.25, 0.3) is 11.4 Å². The molecule has 0 radical (unpaired) electrons. The maximum absolute atomic E-state index is 6.03. The molecule has 7 nitrogen and oxygen atoms in total. The first-order valence-corrected chi connectivity index (χ1v) is 14.0. The van der Waals surface area contributed by atoms with Crippen molar-refractivity contribution in [2.45, 2.75) is 63.1 Å². The topological polar surface area (TPSA) is 77.8 Å². The number of aromatic nitrogens is 5. The van der Waals surface area contributed by atoms with Gasteiger partial charge in [0.2, 0.25) is 5.82 Å². The molecule has 2 aliphatic carbocycles. The van der Waals surface area contributed by atoms with Crippen molar-refractivity contribution in [2.75, 3.05) is 6.54 Å². The molecule has 4 aromatic rings. The Bertz CT molecular complexity index is 1360. The fourth-order valence-corrected chi connectivity index (χ4v) is 7.16. The van der Waals surface area contributed by atoms with Gasteiger partial charge in [0.15, 0.2) is 0 Å². The van der Waals surface area contributed by atoms with E-state index < -0.39 is 0 Å². The first-order valence-electron chi connectivity index (χ1n) is 14.0. The van der Waals surface area contributed by atoms with E-state index in [-0.39, 0.29) is 5.41 Å². The Morgan fingerprint density at radius 1 is 0.947 bits per heavy atom. The molecular formula is C31H34N6O. The molecule has 0 amide bonds. The van der Waals surface area contributed by atoms with Crippen molar-refractivity contribution < 1.29 is 4.74 Å². The van der Waals surface area contributed by atoms with E-state index in [1.807, 2.05) is 18.2 Å². The van der Waals surface area contributed by atoms with Crippen LogP contribution in [0, 0.1) is 11.8 Å². The number of nitrogens with one attached hydrogen (secondary N) is 1. The Hall–Kier alpha value is -3.58. The second kappa shape index (κ2) is 9.95. The van der Waals surface area contributed by atoms with Crippen LogP contribution in [-0.2, 0) is 18.6 Å². The average Bonchev–Trinajstić information content (AvgIpc) is 3.79. The number of benzene rings is 2. The number of ether oxygens (including phenoxy) is 1. The molecule has 1 N–H and O–H groups in total. The molecule has 4 atom stereocenters. The third kappa shape index (κ3) is 4.39. The molecule has 7 heteroatoms. The van der Waals surface area contributed by atoms with Crippen LogP contribution in [-0.4, -0.2) is 37.8 Å². The van der Waals surface area contributed by atoms with Crippen molar-refractivity contribution in [2.24, 2.45) is 11.8 Å². The zero-order chi connectivity index (χ0) is 25.4. The number of hydrogen-bond acceptors (Lipinski definition) is 6. The SMILES string of the molecule is c1ccc(COc2ccc([C@@]3(c4ccc(-c5nnn(C[C@H]6CCCN6)n5)cc4)C[C@@H]4CC[C@H]3C4)cc2)nc1. The Kier molecular flexibility index (Phi) is 6.16. The molecule has 3 aliphatic rings. The molecular weight excluding hydrogens is 472 g/mol. The Morgan fingerprint density at radius 3 is 2.47 bits per heavy atom. The molecule has 2 bridgehead atoms. The maximum Gasteiger partial charge on any atom is 0.204 e. The second-order valence-corrected chi connectivity index (χ2v) is 11.2. The van der Waals surface area contributed by atoms with Gasteiger partial charge in [0.05, 0.1) is 12.2 Å². The highest BCUT2D eigenvalue weighted by Gasteiger charge is 2.52. The lowest BCUT2D eigenvalue weighted by molar-refractivity contribution is 0.299. The lowest BCUT2D eigenvalue weighted by atomic mass is 9.64. The fourth-order valence-electron chi connectivity index (χ4n) is 7.16. The molecule has 2 aromatic carbocycles. The Balaban J connectivity index is 1.12. The van der Waals surface area contributed by atoms with Gasteiger partial charge in [0, 0.05) is 23.2 Å². The van der Waals surface area contributed by atoms with Gasteiger partial charge in [-0.15, -0.1) is 10.2 Å². The minimum absolute atomic E-state index is 0.0557. The predicted molar refractivity (Wildman–Crippen MR) is 146 cm³/mol. The molecule has 194 valence electrons. The van der Waals surface area contributed by atoms with Crippen molar-refractivity contribution in [1.29, 1.82) is 0 Å². The summed E-state index contributed by atoms with van der Waals surface area (Å²) < 4.78 is 6.03. The van der Waals surface area contributed by atoms with Crippen LogP contribution < -0.4 is 10.1 Å². The third-order valence-corrected chi connectivity index (χ3v) is 8.99. The highest BCUT2D eigenvalue weighted by atomic mass is 16.5. The van der Waals surface area contributed by atoms with E-state index >= 15 is 0 Å². The van der Waals surface area contributed by atoms with Crippen molar-refractivity contribution in [3.63, 3.8) is 0 Å². The van der Waals surface area contributed by atoms with E-state index in [1.54, 1.807) is 11.0 Å². The van der Waals surface area contributed by atoms with Gasteiger partial charge in [0.25, 0.3) is 0 Å². The van der Waals surface area contributed by atoms with Gasteiger partial charge in [-0.25, -0.2) is 0 Å². The minimum Gasteiger partial charge on any atom is -0.487 e. The monoisotopic (exact) mass is 506 g/mol. The van der Waals surface area contributed by atoms with E-state index in [0.717, 1.165) is 36.0 Å². The molecule has 1 saturated heterocycles. The average molecular weight is 507 g/mol. The van der Waals surface area contributed by atoms with Crippen LogP contribution >= 0.6 is 0 Å². The van der Waals surface area contributed by atoms with Crippen molar-refractivity contribution >= 4 is 0 Å². The summed E-state index contributed by atoms with van der Waals surface area (Å²) in [6.07, 6.45) is 9.40. The summed E-state index contributed by atoms with van der Waals surface area (Å²) in [7, 11) is 0. The maximum atomic E-state index is 6.03. The Labute approximate surface area is 223 Å². The highest BCUT2D eigenvalue weighted by Crippen LogP contribution is 2.60. The fraction of sp³-hybridized carbons (Fsp3) is 0.419. The number of pyridine rings is 1. The number of tetrazole rings is 1. The van der Waals surface area contributed by atoms with Crippen LogP contribution in [0.1, 0.15) is 55.3 Å². The normalized spacial score (nSPS) is 26.2. The molecule has 7 rings (SSSR count). The molecule has 3 fully saturated rings. The van der Waals surface area contributed by atoms with Gasteiger partial charge < -0.3 is 10.1 Å². The largest absolute Gasteiger partial charge is 0.487 e. The standard InChI is InChI=1S/C31H34N6O/c1-2-16-33-28(4-1)21-38-29-14-12-25(13-15-29)31(19-22-6-9-26(31)18-22)24-10-7-23(8-11-24)30-34-36-37(35-30)20-27-5-3-17-32-27/h1-2,4,7-8,10-16,22,26-27,32H,3,5-6,9,17-21H2/t22-,26+,27-,31+/m1/s1. The molecule has 0 spiro atoms. The summed E-state index contributed by atoms with van der Waals surface area (Å²) in [5.41, 5.74) is 4.82. The van der Waals surface area contributed by atoms with Gasteiger partial charge in [0.1, 0.15) is 12.4 Å². The lowest BCUT2D eigenvalue weighted by Crippen LogP contribution is -2.34. The number of hydrogen-bond donors (Lipinski definition) is 1. The molecule has 0 unspecified atom stereocenters. The van der Waals surface area contributed by atoms with E-state index in [2.05, 4.69) is 74.2 Å². The van der Waals surface area contributed by atoms with Gasteiger partial charge in [-0.05, 0) is 91.1 Å². The molecule has 2 saturated carbocycles. The van der Waals surface area contributed by atoms with Crippen LogP contribution in [0.4, 0.5) is 0 Å². The van der Waals surface area contributed by atoms with E-state index in [1.165, 1.54) is 49.7 Å². The van der Waals surface area contributed by atoms with Crippen molar-refractivity contribution in [3.8, 4) is 17.1 Å². The number of fused-ring (bicyclic) bond motifs is 2. The summed E-state index contributed by atoms with van der Waals surface area (Å²) in [5.74, 6) is 3.07. The highest BCUT2D eigenvalue weighted by molar-refractivity contribution is 5.56. The van der Waals surface area contributed by atoms with Gasteiger partial charge in [-0.3, -0.25) is 4.98 Å². The second-order valence-electron chi connectivity index (χ2n) is 11.2. The minimum atomic E-state index is 0.0557. The first-order chi connectivity index (χ1) is 18.8. The quantitative estimate of drug-likeness (QED) is 0.355. The lowest BCUT2D eigenvalue weighted by Gasteiger charge is -2.39. The first kappa shape index (κ1) is 23.5. The van der Waals surface area contributed by atoms with E-state index in [4.69, 9.17) is 4.74 Å². The summed E-state index contributed by atoms with van der Waals surface area (Å²) in [6.45, 7) is 2.34. The predicted octanol–water partition coefficient (Wildman–Crippen LogP) is 5.17. The zero-order valence-corrected chi connectivity index (χ0v) is 21.7. The van der Waals surface area contributed by atoms with Crippen LogP contribution in [0.3, 0.4) is 0 Å². The Morgan fingerprint density at radius 2 is 1.79 bits per heavy atom. The van der Waals surface area contributed by atoms with E-state index in [9.17, 15) is 0 Å². The molecule has 2 aromatic heterocycles. The summed E-state index contributed by atoms with van der Waals surface area (Å²) in [4.78, 5) is 6.10. The molecule has 1 aliphatic heterocycles. The smallest absolute Gasteiger partial charge is 0.204 e. The van der Waals surface area contributed by atoms with Gasteiger partial charge in [-0.2, -0.15) is 4.80 Å². The molecule has 3 heterocycles. The van der Waals surface area contributed by atoms with Gasteiger partial charge in [-0.1, -0.05) is 48.9 Å². The van der Waals surface area contributed by atoms with Gasteiger partial charge >= 0.3 is 0 Å². The third-order valence-electron chi connectivity index (χ3n) is 8.99. The van der Waals surface area contributed by atoms with Crippen molar-refractivity contribution in [1.82, 2.24) is 30.5 Å². The summed E-state index contributed by atoms with van der Waals surface area (Å²) in [5, 5.41) is 16.8. The zero-order valence-electron chi connectivity index (χ0n) is 21.7. The van der Waals surface area contributed by atoms with Crippen molar-refractivity contribution in [3.05, 3.63) is 89.7 Å². The van der Waals surface area contributed by atoms with Crippen LogP contribution in [0.5, 0.6) is 5.75 Å². The number of rotatable bonds is 8. The number of nitrogens with zero attached hydrogens (tertiary/aromatic N) is 5.